The summed E-state index contributed by atoms with van der Waals surface area (Å²) < 4.78 is 5.22. The lowest BCUT2D eigenvalue weighted by atomic mass is 9.92. The number of morpholine rings is 1. The standard InChI is InChI=1S/C15H19NO4/c17-14(16-6-8-20-9-7-16)10-13(11-15(18)19)12-4-2-1-3-5-12/h1-5,13H,6-11H2,(H,18,19)/t13-/m1/s1. The molecule has 1 heterocycles. The highest BCUT2D eigenvalue weighted by Gasteiger charge is 2.23. The number of nitrogens with zero attached hydrogens (tertiary/aromatic N) is 1. The minimum atomic E-state index is -0.881. The van der Waals surface area contributed by atoms with Gasteiger partial charge < -0.3 is 14.7 Å². The van der Waals surface area contributed by atoms with Crippen LogP contribution in [-0.4, -0.2) is 48.2 Å². The Hall–Kier alpha value is -1.88. The van der Waals surface area contributed by atoms with Crippen LogP contribution in [0.1, 0.15) is 24.3 Å². The maximum atomic E-state index is 12.2. The fourth-order valence-corrected chi connectivity index (χ4v) is 2.40. The van der Waals surface area contributed by atoms with Crippen molar-refractivity contribution in [1.82, 2.24) is 4.90 Å². The number of rotatable bonds is 5. The van der Waals surface area contributed by atoms with Crippen molar-refractivity contribution in [3.05, 3.63) is 35.9 Å². The topological polar surface area (TPSA) is 66.8 Å². The summed E-state index contributed by atoms with van der Waals surface area (Å²) in [7, 11) is 0. The second-order valence-corrected chi connectivity index (χ2v) is 4.90. The van der Waals surface area contributed by atoms with Crippen LogP contribution in [0.4, 0.5) is 0 Å². The first-order chi connectivity index (χ1) is 9.66. The lowest BCUT2D eigenvalue weighted by molar-refractivity contribution is -0.138. The number of carboxylic acid groups (broad SMARTS) is 1. The van der Waals surface area contributed by atoms with Gasteiger partial charge in [0, 0.05) is 25.4 Å². The first-order valence-corrected chi connectivity index (χ1v) is 6.79. The van der Waals surface area contributed by atoms with E-state index in [9.17, 15) is 9.59 Å². The van der Waals surface area contributed by atoms with Crippen molar-refractivity contribution in [1.29, 1.82) is 0 Å². The predicted molar refractivity (Wildman–Crippen MR) is 73.5 cm³/mol. The smallest absolute Gasteiger partial charge is 0.303 e. The molecule has 0 saturated carbocycles. The third-order valence-corrected chi connectivity index (χ3v) is 3.48. The van der Waals surface area contributed by atoms with Gasteiger partial charge >= 0.3 is 5.97 Å². The maximum absolute atomic E-state index is 12.2. The number of aliphatic carboxylic acids is 1. The van der Waals surface area contributed by atoms with E-state index in [1.165, 1.54) is 0 Å². The Morgan fingerprint density at radius 2 is 1.80 bits per heavy atom. The van der Waals surface area contributed by atoms with Gasteiger partial charge in [-0.3, -0.25) is 9.59 Å². The second-order valence-electron chi connectivity index (χ2n) is 4.90. The van der Waals surface area contributed by atoms with E-state index in [-0.39, 0.29) is 24.7 Å². The minimum Gasteiger partial charge on any atom is -0.481 e. The lowest BCUT2D eigenvalue weighted by Crippen LogP contribution is -2.41. The molecule has 1 aromatic carbocycles. The molecule has 1 aliphatic rings. The van der Waals surface area contributed by atoms with Crippen molar-refractivity contribution in [2.75, 3.05) is 26.3 Å². The Morgan fingerprint density at radius 1 is 1.15 bits per heavy atom. The maximum Gasteiger partial charge on any atom is 0.303 e. The van der Waals surface area contributed by atoms with Gasteiger partial charge in [0.25, 0.3) is 0 Å². The highest BCUT2D eigenvalue weighted by molar-refractivity contribution is 5.78. The summed E-state index contributed by atoms with van der Waals surface area (Å²) in [6.07, 6.45) is 0.205. The van der Waals surface area contributed by atoms with Gasteiger partial charge in [0.15, 0.2) is 0 Å². The highest BCUT2D eigenvalue weighted by Crippen LogP contribution is 2.24. The number of carboxylic acids is 1. The van der Waals surface area contributed by atoms with Crippen LogP contribution in [0.2, 0.25) is 0 Å². The summed E-state index contributed by atoms with van der Waals surface area (Å²) in [6, 6.07) is 9.36. The van der Waals surface area contributed by atoms with Crippen LogP contribution >= 0.6 is 0 Å². The van der Waals surface area contributed by atoms with Crippen molar-refractivity contribution in [2.24, 2.45) is 0 Å². The molecule has 2 rings (SSSR count). The first kappa shape index (κ1) is 14.5. The van der Waals surface area contributed by atoms with Crippen molar-refractivity contribution in [3.8, 4) is 0 Å². The Kier molecular flexibility index (Phi) is 5.12. The molecule has 1 saturated heterocycles. The van der Waals surface area contributed by atoms with Gasteiger partial charge in [-0.2, -0.15) is 0 Å². The van der Waals surface area contributed by atoms with E-state index in [1.807, 2.05) is 30.3 Å². The predicted octanol–water partition coefficient (Wildman–Crippen LogP) is 1.49. The molecule has 0 aliphatic carbocycles. The van der Waals surface area contributed by atoms with Gasteiger partial charge in [-0.15, -0.1) is 0 Å². The number of benzene rings is 1. The number of ether oxygens (including phenoxy) is 1. The molecule has 1 aromatic rings. The monoisotopic (exact) mass is 277 g/mol. The summed E-state index contributed by atoms with van der Waals surface area (Å²) in [6.45, 7) is 2.29. The molecule has 5 nitrogen and oxygen atoms in total. The summed E-state index contributed by atoms with van der Waals surface area (Å²) in [5.41, 5.74) is 0.900. The second kappa shape index (κ2) is 7.05. The van der Waals surface area contributed by atoms with Gasteiger partial charge in [-0.1, -0.05) is 30.3 Å². The van der Waals surface area contributed by atoms with Crippen LogP contribution in [-0.2, 0) is 14.3 Å². The molecule has 20 heavy (non-hydrogen) atoms. The van der Waals surface area contributed by atoms with E-state index >= 15 is 0 Å². The van der Waals surface area contributed by atoms with Crippen molar-refractivity contribution in [3.63, 3.8) is 0 Å². The quantitative estimate of drug-likeness (QED) is 0.885. The molecule has 0 spiro atoms. The van der Waals surface area contributed by atoms with Crippen LogP contribution in [0.5, 0.6) is 0 Å². The molecule has 1 atom stereocenters. The Bertz CT molecular complexity index is 454. The fourth-order valence-electron chi connectivity index (χ4n) is 2.40. The normalized spacial score (nSPS) is 16.7. The van der Waals surface area contributed by atoms with Crippen LogP contribution in [0, 0.1) is 0 Å². The Balaban J connectivity index is 2.03. The van der Waals surface area contributed by atoms with Gasteiger partial charge in [0.1, 0.15) is 0 Å². The largest absolute Gasteiger partial charge is 0.481 e. The average molecular weight is 277 g/mol. The molecular formula is C15H19NO4. The van der Waals surface area contributed by atoms with E-state index in [1.54, 1.807) is 4.90 Å². The molecule has 0 unspecified atom stereocenters. The number of hydrogen-bond donors (Lipinski definition) is 1. The molecule has 1 N–H and O–H groups in total. The average Bonchev–Trinajstić information content (AvgIpc) is 2.48. The van der Waals surface area contributed by atoms with Crippen LogP contribution in [0.3, 0.4) is 0 Å². The zero-order chi connectivity index (χ0) is 14.4. The number of carbonyl (C=O) groups is 2. The third-order valence-electron chi connectivity index (χ3n) is 3.48. The van der Waals surface area contributed by atoms with E-state index in [4.69, 9.17) is 9.84 Å². The van der Waals surface area contributed by atoms with Crippen LogP contribution in [0.15, 0.2) is 30.3 Å². The summed E-state index contributed by atoms with van der Waals surface area (Å²) >= 11 is 0. The van der Waals surface area contributed by atoms with E-state index in [0.29, 0.717) is 26.3 Å². The molecule has 1 aliphatic heterocycles. The molecule has 0 radical (unpaired) electrons. The molecule has 5 heteroatoms. The molecule has 0 bridgehead atoms. The van der Waals surface area contributed by atoms with Crippen molar-refractivity contribution >= 4 is 11.9 Å². The Labute approximate surface area is 118 Å². The van der Waals surface area contributed by atoms with Crippen molar-refractivity contribution in [2.45, 2.75) is 18.8 Å². The van der Waals surface area contributed by atoms with E-state index in [0.717, 1.165) is 5.56 Å². The molecular weight excluding hydrogens is 258 g/mol. The molecule has 1 fully saturated rings. The van der Waals surface area contributed by atoms with Gasteiger partial charge in [-0.05, 0) is 5.56 Å². The summed E-state index contributed by atoms with van der Waals surface area (Å²) in [5, 5.41) is 9.02. The molecule has 0 aromatic heterocycles. The van der Waals surface area contributed by atoms with Crippen LogP contribution in [0.25, 0.3) is 0 Å². The number of amides is 1. The summed E-state index contributed by atoms with van der Waals surface area (Å²) in [5.74, 6) is -1.15. The Morgan fingerprint density at radius 3 is 2.40 bits per heavy atom. The SMILES string of the molecule is O=C(O)C[C@@H](CC(=O)N1CCOCC1)c1ccccc1. The molecule has 1 amide bonds. The zero-order valence-corrected chi connectivity index (χ0v) is 11.3. The number of carbonyl (C=O) groups excluding carboxylic acids is 1. The third kappa shape index (κ3) is 4.06. The minimum absolute atomic E-state index is 0.00315. The fraction of sp³-hybridized carbons (Fsp3) is 0.467. The zero-order valence-electron chi connectivity index (χ0n) is 11.3. The van der Waals surface area contributed by atoms with Gasteiger partial charge in [0.05, 0.1) is 19.6 Å². The van der Waals surface area contributed by atoms with Crippen molar-refractivity contribution < 1.29 is 19.4 Å². The number of hydrogen-bond acceptors (Lipinski definition) is 3. The summed E-state index contributed by atoms with van der Waals surface area (Å²) in [4.78, 5) is 25.0. The molecule has 108 valence electrons. The first-order valence-electron chi connectivity index (χ1n) is 6.79. The van der Waals surface area contributed by atoms with Crippen LogP contribution < -0.4 is 0 Å². The van der Waals surface area contributed by atoms with E-state index in [2.05, 4.69) is 0 Å². The van der Waals surface area contributed by atoms with Gasteiger partial charge in [-0.25, -0.2) is 0 Å². The van der Waals surface area contributed by atoms with Gasteiger partial charge in [0.2, 0.25) is 5.91 Å². The highest BCUT2D eigenvalue weighted by atomic mass is 16.5. The lowest BCUT2D eigenvalue weighted by Gasteiger charge is -2.28. The van der Waals surface area contributed by atoms with E-state index < -0.39 is 5.97 Å².